The molecule has 0 spiro atoms. The van der Waals surface area contributed by atoms with Crippen LogP contribution in [0.25, 0.3) is 0 Å². The summed E-state index contributed by atoms with van der Waals surface area (Å²) in [6.07, 6.45) is 14.9. The van der Waals surface area contributed by atoms with Gasteiger partial charge in [0.15, 0.2) is 6.29 Å². The molecule has 1 aromatic heterocycles. The van der Waals surface area contributed by atoms with Crippen LogP contribution in [-0.2, 0) is 36.9 Å². The average Bonchev–Trinajstić information content (AvgIpc) is 3.06. The Morgan fingerprint density at radius 1 is 0.933 bits per heavy atom. The largest absolute Gasteiger partial charge is 0.350 e. The number of nitrogens with one attached hydrogen (secondary N) is 2. The van der Waals surface area contributed by atoms with Gasteiger partial charge in [-0.3, -0.25) is 24.8 Å². The van der Waals surface area contributed by atoms with Gasteiger partial charge in [0.1, 0.15) is 0 Å². The van der Waals surface area contributed by atoms with E-state index in [0.29, 0.717) is 25.4 Å². The number of hydrogen-bond acceptors (Lipinski definition) is 6. The Morgan fingerprint density at radius 3 is 2.38 bits per heavy atom. The van der Waals surface area contributed by atoms with Crippen molar-refractivity contribution < 1.29 is 24.0 Å². The zero-order chi connectivity index (χ0) is 31.9. The first-order chi connectivity index (χ1) is 21.9. The molecular formula is C36H52N4O5. The summed E-state index contributed by atoms with van der Waals surface area (Å²) in [4.78, 5) is 51.4. The summed E-state index contributed by atoms with van der Waals surface area (Å²) in [5.41, 5.74) is 7.27. The van der Waals surface area contributed by atoms with Crippen LogP contribution in [0.15, 0.2) is 54.9 Å². The van der Waals surface area contributed by atoms with Crippen molar-refractivity contribution >= 4 is 17.7 Å². The van der Waals surface area contributed by atoms with Gasteiger partial charge in [0.2, 0.25) is 17.7 Å². The van der Waals surface area contributed by atoms with E-state index in [1.165, 1.54) is 37.1 Å². The molecule has 2 aromatic rings. The first-order valence-electron chi connectivity index (χ1n) is 17.0. The van der Waals surface area contributed by atoms with E-state index in [-0.39, 0.29) is 36.6 Å². The Balaban J connectivity index is 1.51. The molecular weight excluding hydrogens is 568 g/mol. The van der Waals surface area contributed by atoms with Gasteiger partial charge in [0, 0.05) is 25.4 Å². The van der Waals surface area contributed by atoms with Crippen LogP contribution in [0.3, 0.4) is 0 Å². The quantitative estimate of drug-likeness (QED) is 0.227. The maximum Gasteiger partial charge on any atom is 0.247 e. The van der Waals surface area contributed by atoms with E-state index < -0.39 is 18.1 Å². The van der Waals surface area contributed by atoms with Crippen LogP contribution >= 0.6 is 0 Å². The SMILES string of the molecule is CC(C)C[C@@H](C(=O)NN(Cc1ccccc1)C(=O)Cc1cccnc1)[C@H](CCCC1CCCCC1)C(=O)NOC1CCCCO1. The molecule has 1 aromatic carbocycles. The lowest BCUT2D eigenvalue weighted by Gasteiger charge is -2.31. The standard InChI is InChI=1S/C36H52N4O5/c1-27(2)23-32(31(19-11-17-28-13-5-3-6-14-28)36(43)39-45-34-20-9-10-22-44-34)35(42)38-40(26-29-15-7-4-8-16-29)33(41)24-30-18-12-21-37-25-30/h4,7-8,12,15-16,18,21,25,27-28,31-32,34H,3,5-6,9-11,13-14,17,19-20,22-24,26H2,1-2H3,(H,38,42)(H,39,43)/t31-,32+,34?/m0/s1. The molecule has 1 aliphatic carbocycles. The van der Waals surface area contributed by atoms with E-state index in [4.69, 9.17) is 9.57 Å². The molecule has 3 atom stereocenters. The first kappa shape index (κ1) is 34.6. The molecule has 1 unspecified atom stereocenters. The zero-order valence-corrected chi connectivity index (χ0v) is 27.1. The predicted octanol–water partition coefficient (Wildman–Crippen LogP) is 6.29. The van der Waals surface area contributed by atoms with Gasteiger partial charge >= 0.3 is 0 Å². The number of carbonyl (C=O) groups is 3. The number of hydrazine groups is 1. The summed E-state index contributed by atoms with van der Waals surface area (Å²) >= 11 is 0. The Hall–Kier alpha value is -3.30. The van der Waals surface area contributed by atoms with Crippen LogP contribution < -0.4 is 10.9 Å². The highest BCUT2D eigenvalue weighted by atomic mass is 16.8. The van der Waals surface area contributed by atoms with Crippen molar-refractivity contribution in [1.82, 2.24) is 20.9 Å². The van der Waals surface area contributed by atoms with Crippen LogP contribution in [0.5, 0.6) is 0 Å². The number of rotatable bonds is 15. The molecule has 1 saturated carbocycles. The van der Waals surface area contributed by atoms with Crippen LogP contribution in [0.2, 0.25) is 0 Å². The number of nitrogens with zero attached hydrogens (tertiary/aromatic N) is 2. The van der Waals surface area contributed by atoms with Crippen molar-refractivity contribution in [3.63, 3.8) is 0 Å². The number of pyridine rings is 1. The summed E-state index contributed by atoms with van der Waals surface area (Å²) in [5, 5.41) is 1.39. The fourth-order valence-corrected chi connectivity index (χ4v) is 6.53. The second-order valence-corrected chi connectivity index (χ2v) is 13.1. The normalized spacial score (nSPS) is 18.6. The van der Waals surface area contributed by atoms with E-state index in [9.17, 15) is 14.4 Å². The maximum atomic E-state index is 14.2. The van der Waals surface area contributed by atoms with Crippen LogP contribution in [0.4, 0.5) is 0 Å². The number of carbonyl (C=O) groups excluding carboxylic acids is 3. The minimum absolute atomic E-state index is 0.0936. The lowest BCUT2D eigenvalue weighted by molar-refractivity contribution is -0.203. The molecule has 9 nitrogen and oxygen atoms in total. The van der Waals surface area contributed by atoms with Gasteiger partial charge in [-0.1, -0.05) is 95.2 Å². The minimum atomic E-state index is -0.642. The van der Waals surface area contributed by atoms with Gasteiger partial charge < -0.3 is 4.74 Å². The van der Waals surface area contributed by atoms with Crippen LogP contribution in [-0.4, -0.2) is 40.6 Å². The van der Waals surface area contributed by atoms with Crippen LogP contribution in [0.1, 0.15) is 102 Å². The van der Waals surface area contributed by atoms with Gasteiger partial charge in [-0.2, -0.15) is 0 Å². The fourth-order valence-electron chi connectivity index (χ4n) is 6.53. The van der Waals surface area contributed by atoms with Crippen molar-refractivity contribution in [1.29, 1.82) is 0 Å². The minimum Gasteiger partial charge on any atom is -0.350 e. The van der Waals surface area contributed by atoms with Gasteiger partial charge in [0.25, 0.3) is 0 Å². The van der Waals surface area contributed by atoms with E-state index in [1.807, 2.05) is 36.4 Å². The Bertz CT molecular complexity index is 1170. The van der Waals surface area contributed by atoms with Gasteiger partial charge in [0.05, 0.1) is 24.8 Å². The van der Waals surface area contributed by atoms with E-state index in [2.05, 4.69) is 29.7 Å². The monoisotopic (exact) mass is 620 g/mol. The molecule has 9 heteroatoms. The highest BCUT2D eigenvalue weighted by Gasteiger charge is 2.36. The smallest absolute Gasteiger partial charge is 0.247 e. The van der Waals surface area contributed by atoms with Gasteiger partial charge in [-0.25, -0.2) is 15.3 Å². The lowest BCUT2D eigenvalue weighted by Crippen LogP contribution is -2.51. The highest BCUT2D eigenvalue weighted by molar-refractivity contribution is 5.89. The third-order valence-electron chi connectivity index (χ3n) is 8.97. The van der Waals surface area contributed by atoms with E-state index >= 15 is 0 Å². The van der Waals surface area contributed by atoms with Gasteiger partial charge in [-0.15, -0.1) is 0 Å². The molecule has 1 saturated heterocycles. The summed E-state index contributed by atoms with van der Waals surface area (Å²) in [5.74, 6) is -1.29. The Kier molecular flexibility index (Phi) is 14.3. The van der Waals surface area contributed by atoms with Crippen molar-refractivity contribution in [3.8, 4) is 0 Å². The van der Waals surface area contributed by atoms with Crippen molar-refractivity contribution in [2.75, 3.05) is 6.61 Å². The van der Waals surface area contributed by atoms with Crippen molar-refractivity contribution in [3.05, 3.63) is 66.0 Å². The molecule has 2 heterocycles. The summed E-state index contributed by atoms with van der Waals surface area (Å²) in [7, 11) is 0. The second-order valence-electron chi connectivity index (χ2n) is 13.1. The number of amides is 3. The average molecular weight is 621 g/mol. The Morgan fingerprint density at radius 2 is 1.69 bits per heavy atom. The lowest BCUT2D eigenvalue weighted by atomic mass is 9.79. The number of aromatic nitrogens is 1. The molecule has 0 bridgehead atoms. The number of hydroxylamine groups is 1. The first-order valence-corrected chi connectivity index (χ1v) is 17.0. The summed E-state index contributed by atoms with van der Waals surface area (Å²) in [6.45, 7) is 4.92. The highest BCUT2D eigenvalue weighted by Crippen LogP contribution is 2.31. The molecule has 2 fully saturated rings. The summed E-state index contributed by atoms with van der Waals surface area (Å²) in [6, 6.07) is 13.2. The molecule has 2 N–H and O–H groups in total. The van der Waals surface area contributed by atoms with Crippen LogP contribution in [0, 0.1) is 23.7 Å². The molecule has 1 aliphatic heterocycles. The molecule has 4 rings (SSSR count). The second kappa shape index (κ2) is 18.6. The van der Waals surface area contributed by atoms with Crippen molar-refractivity contribution in [2.45, 2.75) is 110 Å². The number of benzene rings is 1. The fraction of sp³-hybridized carbons (Fsp3) is 0.611. The van der Waals surface area contributed by atoms with E-state index in [0.717, 1.165) is 43.2 Å². The number of ether oxygens (including phenoxy) is 1. The molecule has 2 aliphatic rings. The topological polar surface area (TPSA) is 110 Å². The molecule has 45 heavy (non-hydrogen) atoms. The Labute approximate surface area is 268 Å². The molecule has 0 radical (unpaired) electrons. The summed E-state index contributed by atoms with van der Waals surface area (Å²) < 4.78 is 5.66. The third-order valence-corrected chi connectivity index (χ3v) is 8.97. The maximum absolute atomic E-state index is 14.2. The zero-order valence-electron chi connectivity index (χ0n) is 27.1. The van der Waals surface area contributed by atoms with Gasteiger partial charge in [-0.05, 0) is 54.7 Å². The van der Waals surface area contributed by atoms with E-state index in [1.54, 1.807) is 18.5 Å². The number of hydrogen-bond donors (Lipinski definition) is 2. The molecule has 3 amide bonds. The molecule has 246 valence electrons. The third kappa shape index (κ3) is 11.9. The van der Waals surface area contributed by atoms with Crippen molar-refractivity contribution in [2.24, 2.45) is 23.7 Å². The predicted molar refractivity (Wildman–Crippen MR) is 173 cm³/mol.